The number of unbranched alkanes of at least 4 members (excludes halogenated alkanes) is 1. The Labute approximate surface area is 152 Å². The summed E-state index contributed by atoms with van der Waals surface area (Å²) in [5.41, 5.74) is 0. The molecule has 2 aliphatic heterocycles. The predicted molar refractivity (Wildman–Crippen MR) is 98.9 cm³/mol. The van der Waals surface area contributed by atoms with Gasteiger partial charge in [0.15, 0.2) is 0 Å². The number of hydrogen-bond donors (Lipinski definition) is 2. The van der Waals surface area contributed by atoms with Crippen molar-refractivity contribution in [1.29, 1.82) is 0 Å². The summed E-state index contributed by atoms with van der Waals surface area (Å²) in [6, 6.07) is 0.504. The molecule has 0 aliphatic carbocycles. The minimum atomic E-state index is -3.14. The van der Waals surface area contributed by atoms with E-state index < -0.39 is 10.0 Å². The number of halogens is 1. The second kappa shape index (κ2) is 9.94. The number of rotatable bonds is 6. The molecule has 2 heterocycles. The molecular weight excluding hydrogens is 350 g/mol. The fourth-order valence-corrected chi connectivity index (χ4v) is 5.07. The number of piperidine rings is 2. The van der Waals surface area contributed by atoms with Crippen molar-refractivity contribution in [1.82, 2.24) is 14.9 Å². The van der Waals surface area contributed by atoms with Crippen LogP contribution in [0, 0.1) is 5.92 Å². The maximum atomic E-state index is 12.4. The van der Waals surface area contributed by atoms with E-state index in [1.54, 1.807) is 4.31 Å². The molecule has 2 atom stereocenters. The lowest BCUT2D eigenvalue weighted by molar-refractivity contribution is -0.127. The number of nitrogens with zero attached hydrogens (tertiary/aromatic N) is 1. The van der Waals surface area contributed by atoms with Crippen molar-refractivity contribution in [2.75, 3.05) is 25.4 Å². The maximum Gasteiger partial charge on any atom is 0.223 e. The molecule has 0 saturated carbocycles. The Morgan fingerprint density at radius 3 is 2.50 bits per heavy atom. The lowest BCUT2D eigenvalue weighted by atomic mass is 9.94. The molecule has 2 aliphatic rings. The quantitative estimate of drug-likeness (QED) is 0.730. The molecule has 0 spiro atoms. The highest BCUT2D eigenvalue weighted by Gasteiger charge is 2.32. The third-order valence-corrected chi connectivity index (χ3v) is 7.02. The van der Waals surface area contributed by atoms with E-state index in [-0.39, 0.29) is 36.0 Å². The van der Waals surface area contributed by atoms with E-state index in [2.05, 4.69) is 17.6 Å². The maximum absolute atomic E-state index is 12.4. The minimum Gasteiger partial charge on any atom is -0.352 e. The summed E-state index contributed by atoms with van der Waals surface area (Å²) in [6.07, 6.45) is 4.95. The van der Waals surface area contributed by atoms with Gasteiger partial charge in [-0.1, -0.05) is 13.3 Å². The van der Waals surface area contributed by atoms with Crippen LogP contribution in [0.1, 0.15) is 52.4 Å². The topological polar surface area (TPSA) is 78.5 Å². The minimum absolute atomic E-state index is 0. The molecule has 24 heavy (non-hydrogen) atoms. The molecule has 2 fully saturated rings. The summed E-state index contributed by atoms with van der Waals surface area (Å²) in [6.45, 7) is 6.06. The fraction of sp³-hybridized carbons (Fsp3) is 0.938. The van der Waals surface area contributed by atoms with Crippen LogP contribution in [-0.4, -0.2) is 56.1 Å². The molecule has 0 aromatic rings. The number of sulfonamides is 1. The van der Waals surface area contributed by atoms with Gasteiger partial charge >= 0.3 is 0 Å². The van der Waals surface area contributed by atoms with E-state index in [9.17, 15) is 13.2 Å². The highest BCUT2D eigenvalue weighted by Crippen LogP contribution is 2.21. The SMILES string of the molecule is CCCCS(=O)(=O)N1CCC(C(=O)NC2CCCNC2C)CC1.Cl. The van der Waals surface area contributed by atoms with Gasteiger partial charge in [-0.3, -0.25) is 4.79 Å². The Hall–Kier alpha value is -0.370. The molecular formula is C16H32ClN3O3S. The lowest BCUT2D eigenvalue weighted by Crippen LogP contribution is -2.54. The molecule has 142 valence electrons. The van der Waals surface area contributed by atoms with Gasteiger partial charge in [-0.15, -0.1) is 12.4 Å². The van der Waals surface area contributed by atoms with E-state index >= 15 is 0 Å². The Morgan fingerprint density at radius 2 is 1.92 bits per heavy atom. The molecule has 2 N–H and O–H groups in total. The van der Waals surface area contributed by atoms with Crippen LogP contribution in [0.4, 0.5) is 0 Å². The van der Waals surface area contributed by atoms with Gasteiger partial charge in [0.1, 0.15) is 0 Å². The molecule has 2 unspecified atom stereocenters. The van der Waals surface area contributed by atoms with Gasteiger partial charge in [0.25, 0.3) is 0 Å². The van der Waals surface area contributed by atoms with Crippen LogP contribution in [0.5, 0.6) is 0 Å². The molecule has 2 saturated heterocycles. The normalized spacial score (nSPS) is 26.6. The van der Waals surface area contributed by atoms with Crippen molar-refractivity contribution < 1.29 is 13.2 Å². The average Bonchev–Trinajstić information content (AvgIpc) is 2.55. The van der Waals surface area contributed by atoms with Crippen molar-refractivity contribution in [3.63, 3.8) is 0 Å². The van der Waals surface area contributed by atoms with Gasteiger partial charge < -0.3 is 10.6 Å². The van der Waals surface area contributed by atoms with Crippen molar-refractivity contribution in [2.24, 2.45) is 5.92 Å². The zero-order chi connectivity index (χ0) is 16.9. The van der Waals surface area contributed by atoms with Crippen LogP contribution in [-0.2, 0) is 14.8 Å². The Balaban J connectivity index is 0.00000288. The third-order valence-electron chi connectivity index (χ3n) is 5.06. The summed E-state index contributed by atoms with van der Waals surface area (Å²) in [5.74, 6) is 0.268. The van der Waals surface area contributed by atoms with Gasteiger partial charge in [-0.25, -0.2) is 12.7 Å². The van der Waals surface area contributed by atoms with Crippen LogP contribution in [0.2, 0.25) is 0 Å². The lowest BCUT2D eigenvalue weighted by Gasteiger charge is -2.34. The van der Waals surface area contributed by atoms with Crippen LogP contribution < -0.4 is 10.6 Å². The average molecular weight is 382 g/mol. The summed E-state index contributed by atoms with van der Waals surface area (Å²) >= 11 is 0. The Kier molecular flexibility index (Phi) is 8.98. The molecule has 6 nitrogen and oxygen atoms in total. The predicted octanol–water partition coefficient (Wildman–Crippen LogP) is 1.51. The number of carbonyl (C=O) groups is 1. The van der Waals surface area contributed by atoms with Crippen LogP contribution in [0.25, 0.3) is 0 Å². The molecule has 0 aromatic heterocycles. The second-order valence-corrected chi connectivity index (χ2v) is 8.93. The van der Waals surface area contributed by atoms with Gasteiger partial charge in [0.2, 0.25) is 15.9 Å². The third kappa shape index (κ3) is 5.86. The van der Waals surface area contributed by atoms with Crippen molar-refractivity contribution in [2.45, 2.75) is 64.5 Å². The first kappa shape index (κ1) is 21.7. The summed E-state index contributed by atoms with van der Waals surface area (Å²) in [4.78, 5) is 12.4. The zero-order valence-corrected chi connectivity index (χ0v) is 16.4. The first-order valence-electron chi connectivity index (χ1n) is 8.95. The van der Waals surface area contributed by atoms with Crippen molar-refractivity contribution in [3.05, 3.63) is 0 Å². The highest BCUT2D eigenvalue weighted by molar-refractivity contribution is 7.89. The molecule has 0 radical (unpaired) electrons. The van der Waals surface area contributed by atoms with Gasteiger partial charge in [-0.05, 0) is 45.6 Å². The fourth-order valence-electron chi connectivity index (χ4n) is 3.39. The standard InChI is InChI=1S/C16H31N3O3S.ClH/c1-3-4-12-23(21,22)19-10-7-14(8-11-19)16(20)18-15-6-5-9-17-13(15)2;/h13-15,17H,3-12H2,1-2H3,(H,18,20);1H. The first-order valence-corrected chi connectivity index (χ1v) is 10.6. The highest BCUT2D eigenvalue weighted by atomic mass is 35.5. The van der Waals surface area contributed by atoms with E-state index in [1.165, 1.54) is 0 Å². The van der Waals surface area contributed by atoms with Gasteiger partial charge in [0.05, 0.1) is 5.75 Å². The molecule has 2 rings (SSSR count). The van der Waals surface area contributed by atoms with Crippen LogP contribution in [0.15, 0.2) is 0 Å². The van der Waals surface area contributed by atoms with Gasteiger partial charge in [-0.2, -0.15) is 0 Å². The Morgan fingerprint density at radius 1 is 1.25 bits per heavy atom. The van der Waals surface area contributed by atoms with Crippen LogP contribution in [0.3, 0.4) is 0 Å². The van der Waals surface area contributed by atoms with Crippen molar-refractivity contribution >= 4 is 28.3 Å². The summed E-state index contributed by atoms with van der Waals surface area (Å²) in [7, 11) is -3.14. The number of amides is 1. The largest absolute Gasteiger partial charge is 0.352 e. The smallest absolute Gasteiger partial charge is 0.223 e. The molecule has 1 amide bonds. The van der Waals surface area contributed by atoms with E-state index in [0.717, 1.165) is 25.8 Å². The first-order chi connectivity index (χ1) is 10.9. The Bertz CT molecular complexity index is 493. The van der Waals surface area contributed by atoms with E-state index in [4.69, 9.17) is 0 Å². The van der Waals surface area contributed by atoms with Crippen LogP contribution >= 0.6 is 12.4 Å². The summed E-state index contributed by atoms with van der Waals surface area (Å²) < 4.78 is 26.0. The van der Waals surface area contributed by atoms with E-state index in [1.807, 2.05) is 6.92 Å². The number of hydrogen-bond acceptors (Lipinski definition) is 4. The van der Waals surface area contributed by atoms with Crippen molar-refractivity contribution in [3.8, 4) is 0 Å². The second-order valence-electron chi connectivity index (χ2n) is 6.84. The zero-order valence-electron chi connectivity index (χ0n) is 14.8. The summed E-state index contributed by atoms with van der Waals surface area (Å²) in [5, 5.41) is 6.54. The number of carbonyl (C=O) groups excluding carboxylic acids is 1. The molecule has 0 aromatic carbocycles. The van der Waals surface area contributed by atoms with E-state index in [0.29, 0.717) is 38.4 Å². The van der Waals surface area contributed by atoms with Gasteiger partial charge in [0, 0.05) is 31.1 Å². The number of nitrogens with one attached hydrogen (secondary N) is 2. The monoisotopic (exact) mass is 381 g/mol. The molecule has 8 heteroatoms. The molecule has 0 bridgehead atoms.